The number of methoxy groups -OCH3 is 1. The number of ether oxygens (including phenoxy) is 2. The van der Waals surface area contributed by atoms with E-state index >= 15 is 4.79 Å². The summed E-state index contributed by atoms with van der Waals surface area (Å²) >= 11 is 0. The first-order chi connectivity index (χ1) is 27.1. The van der Waals surface area contributed by atoms with Gasteiger partial charge in [0.25, 0.3) is 5.91 Å². The van der Waals surface area contributed by atoms with Crippen molar-refractivity contribution in [3.63, 3.8) is 0 Å². The molecule has 3 aliphatic carbocycles. The molecule has 2 aromatic rings. The highest BCUT2D eigenvalue weighted by Crippen LogP contribution is 2.49. The van der Waals surface area contributed by atoms with Crippen LogP contribution >= 0.6 is 0 Å². The lowest BCUT2D eigenvalue weighted by Gasteiger charge is -2.38. The number of hydrogen-bond donors (Lipinski definition) is 3. The van der Waals surface area contributed by atoms with E-state index in [2.05, 4.69) is 10.0 Å². The standard InChI is InChI=1S/C42H55N5O9S/c1-5-31-35-29(30-21-28(55-4)15-16-32(30)43-31)17-18-41(56-35)23-34-36(48)44-42(38(50)45-57(53,54)40(3)19-20-40)22-27(42)11-9-7-6-8-10-12-33(37(49)46(34)24-41)47(39(51)52)25(2)26-13-14-26/h9,11,15-16,21,25-27,33-34H,5-8,10,12-14,17-20,22-24H2,1-4H3,(H,44,48)(H,45,50)(H,51,52)/b11-9-/t25?,27-,33+,34+,41-,42-/m1/s1. The maximum Gasteiger partial charge on any atom is 0.408 e. The van der Waals surface area contributed by atoms with Gasteiger partial charge in [-0.15, -0.1) is 0 Å². The van der Waals surface area contributed by atoms with Gasteiger partial charge in [-0.2, -0.15) is 0 Å². The monoisotopic (exact) mass is 805 g/mol. The number of nitrogens with zero attached hydrogens (tertiary/aromatic N) is 3. The third-order valence-electron chi connectivity index (χ3n) is 13.7. The first-order valence-corrected chi connectivity index (χ1v) is 22.2. The fraction of sp³-hybridized carbons (Fsp3) is 0.643. The van der Waals surface area contributed by atoms with Gasteiger partial charge in [0.15, 0.2) is 0 Å². The Labute approximate surface area is 334 Å². The Morgan fingerprint density at radius 2 is 1.91 bits per heavy atom. The van der Waals surface area contributed by atoms with Gasteiger partial charge in [0.05, 0.1) is 29.6 Å². The molecule has 1 spiro atoms. The van der Waals surface area contributed by atoms with E-state index in [4.69, 9.17) is 14.5 Å². The van der Waals surface area contributed by atoms with Gasteiger partial charge in [-0.25, -0.2) is 18.2 Å². The molecule has 1 aromatic carbocycles. The normalized spacial score (nSPS) is 30.7. The molecule has 3 N–H and O–H groups in total. The molecular weight excluding hydrogens is 751 g/mol. The van der Waals surface area contributed by atoms with Gasteiger partial charge < -0.3 is 24.8 Å². The number of benzene rings is 1. The second-order valence-corrected chi connectivity index (χ2v) is 19.8. The topological polar surface area (TPSA) is 185 Å². The van der Waals surface area contributed by atoms with Crippen LogP contribution < -0.4 is 19.5 Å². The molecule has 4 heterocycles. The molecule has 3 saturated carbocycles. The molecule has 3 aliphatic heterocycles. The maximum atomic E-state index is 15.1. The van der Waals surface area contributed by atoms with Crippen molar-refractivity contribution < 1.29 is 42.2 Å². The minimum atomic E-state index is -4.00. The number of carbonyl (C=O) groups is 4. The highest BCUT2D eigenvalue weighted by atomic mass is 32.2. The average molecular weight is 806 g/mol. The Morgan fingerprint density at radius 3 is 2.60 bits per heavy atom. The highest BCUT2D eigenvalue weighted by Gasteiger charge is 2.64. The van der Waals surface area contributed by atoms with Crippen LogP contribution in [-0.2, 0) is 37.2 Å². The van der Waals surface area contributed by atoms with Crippen LogP contribution in [0.5, 0.6) is 11.5 Å². The molecule has 1 aromatic heterocycles. The van der Waals surface area contributed by atoms with Gasteiger partial charge in [-0.3, -0.25) is 24.0 Å². The predicted octanol–water partition coefficient (Wildman–Crippen LogP) is 5.01. The van der Waals surface area contributed by atoms with Crippen molar-refractivity contribution in [2.45, 2.75) is 145 Å². The molecule has 4 fully saturated rings. The third-order valence-corrected chi connectivity index (χ3v) is 15.8. The van der Waals surface area contributed by atoms with Crippen LogP contribution in [0.3, 0.4) is 0 Å². The van der Waals surface area contributed by atoms with Gasteiger partial charge in [-0.1, -0.05) is 31.9 Å². The quantitative estimate of drug-likeness (QED) is 0.307. The first kappa shape index (κ1) is 39.4. The van der Waals surface area contributed by atoms with Gasteiger partial charge in [0.2, 0.25) is 21.8 Å². The number of pyridine rings is 1. The summed E-state index contributed by atoms with van der Waals surface area (Å²) in [5, 5.41) is 14.5. The van der Waals surface area contributed by atoms with E-state index in [1.54, 1.807) is 14.0 Å². The summed E-state index contributed by atoms with van der Waals surface area (Å²) in [7, 11) is -2.39. The number of carboxylic acid groups (broad SMARTS) is 1. The minimum absolute atomic E-state index is 0.0275. The molecule has 0 bridgehead atoms. The van der Waals surface area contributed by atoms with E-state index in [0.29, 0.717) is 62.9 Å². The van der Waals surface area contributed by atoms with E-state index in [1.165, 1.54) is 9.80 Å². The van der Waals surface area contributed by atoms with Crippen LogP contribution in [-0.4, -0.2) is 99.8 Å². The fourth-order valence-electron chi connectivity index (χ4n) is 9.44. The van der Waals surface area contributed by atoms with Crippen molar-refractivity contribution in [2.24, 2.45) is 11.8 Å². The average Bonchev–Trinajstić information content (AvgIpc) is 4.11. The summed E-state index contributed by atoms with van der Waals surface area (Å²) in [5.41, 5.74) is 0.000626. The summed E-state index contributed by atoms with van der Waals surface area (Å²) in [5.74, 6) is -0.826. The minimum Gasteiger partial charge on any atom is -0.497 e. The van der Waals surface area contributed by atoms with Crippen molar-refractivity contribution in [3.8, 4) is 11.5 Å². The Hall–Kier alpha value is -4.40. The number of nitrogens with one attached hydrogen (secondary N) is 2. The Balaban J connectivity index is 1.18. The lowest BCUT2D eigenvalue weighted by molar-refractivity contribution is -0.144. The van der Waals surface area contributed by atoms with E-state index in [0.717, 1.165) is 47.8 Å². The second kappa shape index (κ2) is 14.5. The van der Waals surface area contributed by atoms with Crippen LogP contribution in [0, 0.1) is 11.8 Å². The molecule has 1 unspecified atom stereocenters. The number of rotatable bonds is 8. The maximum absolute atomic E-state index is 15.1. The van der Waals surface area contributed by atoms with Gasteiger partial charge in [-0.05, 0) is 109 Å². The van der Waals surface area contributed by atoms with Crippen LogP contribution in [0.2, 0.25) is 0 Å². The molecule has 8 rings (SSSR count). The number of hydrogen-bond acceptors (Lipinski definition) is 9. The molecule has 0 radical (unpaired) electrons. The lowest BCUT2D eigenvalue weighted by Crippen LogP contribution is -2.59. The fourth-order valence-corrected chi connectivity index (χ4v) is 10.8. The van der Waals surface area contributed by atoms with Crippen molar-refractivity contribution in [2.75, 3.05) is 13.7 Å². The van der Waals surface area contributed by atoms with E-state index in [1.807, 2.05) is 44.2 Å². The van der Waals surface area contributed by atoms with Crippen LogP contribution in [0.15, 0.2) is 30.4 Å². The number of sulfonamides is 1. The Morgan fingerprint density at radius 1 is 1.14 bits per heavy atom. The Bertz CT molecular complexity index is 2130. The van der Waals surface area contributed by atoms with E-state index < -0.39 is 67.7 Å². The molecule has 1 saturated heterocycles. The van der Waals surface area contributed by atoms with Crippen LogP contribution in [0.4, 0.5) is 4.79 Å². The smallest absolute Gasteiger partial charge is 0.408 e. The van der Waals surface area contributed by atoms with Crippen LogP contribution in [0.1, 0.15) is 109 Å². The summed E-state index contributed by atoms with van der Waals surface area (Å²) in [4.78, 5) is 64.8. The lowest BCUT2D eigenvalue weighted by atomic mass is 9.87. The molecule has 4 amide bonds. The van der Waals surface area contributed by atoms with Gasteiger partial charge >= 0.3 is 6.09 Å². The molecule has 6 aliphatic rings. The first-order valence-electron chi connectivity index (χ1n) is 20.7. The van der Waals surface area contributed by atoms with Gasteiger partial charge in [0.1, 0.15) is 34.7 Å². The van der Waals surface area contributed by atoms with Crippen molar-refractivity contribution >= 4 is 44.7 Å². The number of aryl methyl sites for hydroxylation is 2. The van der Waals surface area contributed by atoms with E-state index in [9.17, 15) is 27.9 Å². The molecule has 6 atom stereocenters. The summed E-state index contributed by atoms with van der Waals surface area (Å²) < 4.78 is 40.3. The van der Waals surface area contributed by atoms with E-state index in [-0.39, 0.29) is 31.3 Å². The summed E-state index contributed by atoms with van der Waals surface area (Å²) in [6.07, 6.45) is 10.4. The van der Waals surface area contributed by atoms with Crippen molar-refractivity contribution in [1.82, 2.24) is 24.8 Å². The number of carbonyl (C=O) groups excluding carboxylic acids is 3. The zero-order chi connectivity index (χ0) is 40.5. The SMILES string of the molecule is CCc1nc2ccc(OC)cc2c2c1O[C@]1(CC2)C[C@H]2C(=O)N[C@]3(C(=O)NS(=O)(=O)C4(C)CC4)C[C@H]3/C=C\CCCCC[C@H](N(C(=O)O)C(C)C3CC3)C(=O)N2C1. The zero-order valence-electron chi connectivity index (χ0n) is 33.3. The summed E-state index contributed by atoms with van der Waals surface area (Å²) in [6, 6.07) is 3.20. The molecular formula is C42H55N5O9S. The third kappa shape index (κ3) is 7.11. The molecule has 57 heavy (non-hydrogen) atoms. The number of allylic oxidation sites excluding steroid dienone is 1. The molecule has 308 valence electrons. The number of amides is 4. The predicted molar refractivity (Wildman–Crippen MR) is 211 cm³/mol. The summed E-state index contributed by atoms with van der Waals surface area (Å²) in [6.45, 7) is 5.49. The highest BCUT2D eigenvalue weighted by molar-refractivity contribution is 7.91. The molecule has 15 heteroatoms. The zero-order valence-corrected chi connectivity index (χ0v) is 34.2. The number of fused-ring (bicyclic) bond motifs is 5. The van der Waals surface area contributed by atoms with Crippen molar-refractivity contribution in [3.05, 3.63) is 41.6 Å². The molecule has 14 nitrogen and oxygen atoms in total. The second-order valence-electron chi connectivity index (χ2n) is 17.6. The largest absolute Gasteiger partial charge is 0.497 e. The van der Waals surface area contributed by atoms with Gasteiger partial charge in [0, 0.05) is 29.3 Å². The van der Waals surface area contributed by atoms with Crippen molar-refractivity contribution in [1.29, 1.82) is 0 Å². The van der Waals surface area contributed by atoms with Crippen LogP contribution in [0.25, 0.3) is 10.9 Å². The number of aromatic nitrogens is 1. The Kier molecular flexibility index (Phi) is 10.00.